The van der Waals surface area contributed by atoms with Crippen molar-refractivity contribution >= 4 is 11.8 Å². The van der Waals surface area contributed by atoms with Gasteiger partial charge in [0, 0.05) is 30.9 Å². The molecule has 0 spiro atoms. The van der Waals surface area contributed by atoms with E-state index in [1.165, 1.54) is 11.1 Å². The number of aryl methyl sites for hydroxylation is 1. The predicted molar refractivity (Wildman–Crippen MR) is 76.9 cm³/mol. The number of nitrogens with zero attached hydrogens (tertiary/aromatic N) is 3. The van der Waals surface area contributed by atoms with Gasteiger partial charge in [0.05, 0.1) is 0 Å². The van der Waals surface area contributed by atoms with Gasteiger partial charge in [0.25, 0.3) is 0 Å². The lowest BCUT2D eigenvalue weighted by Crippen LogP contribution is -2.26. The van der Waals surface area contributed by atoms with Gasteiger partial charge in [0.2, 0.25) is 5.95 Å². The van der Waals surface area contributed by atoms with Gasteiger partial charge < -0.3 is 10.6 Å². The van der Waals surface area contributed by atoms with E-state index in [1.807, 2.05) is 17.3 Å². The molecule has 3 rings (SSSR count). The van der Waals surface area contributed by atoms with Crippen molar-refractivity contribution in [2.24, 2.45) is 0 Å². The second-order valence-electron chi connectivity index (χ2n) is 4.78. The third kappa shape index (κ3) is 2.42. The molecule has 0 radical (unpaired) electrons. The summed E-state index contributed by atoms with van der Waals surface area (Å²) in [5.41, 5.74) is 9.46. The lowest BCUT2D eigenvalue weighted by molar-refractivity contribution is 0.922. The topological polar surface area (TPSA) is 55.0 Å². The molecule has 0 atom stereocenters. The first-order valence-corrected chi connectivity index (χ1v) is 6.32. The van der Waals surface area contributed by atoms with Crippen molar-refractivity contribution in [3.63, 3.8) is 0 Å². The molecular formula is C15H16N4. The molecule has 4 heteroatoms. The van der Waals surface area contributed by atoms with Crippen molar-refractivity contribution in [2.45, 2.75) is 13.3 Å². The summed E-state index contributed by atoms with van der Waals surface area (Å²) < 4.78 is 0. The van der Waals surface area contributed by atoms with Crippen LogP contribution < -0.4 is 10.6 Å². The minimum Gasteiger partial charge on any atom is -0.383 e. The van der Waals surface area contributed by atoms with Crippen LogP contribution in [0.4, 0.5) is 11.8 Å². The zero-order chi connectivity index (χ0) is 13.2. The van der Waals surface area contributed by atoms with E-state index >= 15 is 0 Å². The quantitative estimate of drug-likeness (QED) is 0.910. The Bertz CT molecular complexity index is 617. The van der Waals surface area contributed by atoms with Crippen molar-refractivity contribution in [1.29, 1.82) is 0 Å². The summed E-state index contributed by atoms with van der Waals surface area (Å²) in [4.78, 5) is 10.7. The van der Waals surface area contributed by atoms with Crippen LogP contribution in [0.25, 0.3) is 0 Å². The fourth-order valence-electron chi connectivity index (χ4n) is 1.97. The Morgan fingerprint density at radius 3 is 2.58 bits per heavy atom. The third-order valence-corrected chi connectivity index (χ3v) is 3.24. The maximum Gasteiger partial charge on any atom is 0.231 e. The Morgan fingerprint density at radius 2 is 2.00 bits per heavy atom. The highest BCUT2D eigenvalue weighted by Gasteiger charge is 2.12. The zero-order valence-electron chi connectivity index (χ0n) is 10.9. The first kappa shape index (κ1) is 11.7. The number of aromatic nitrogens is 2. The molecular weight excluding hydrogens is 236 g/mol. The number of hydrogen-bond donors (Lipinski definition) is 1. The van der Waals surface area contributed by atoms with E-state index in [4.69, 9.17) is 5.73 Å². The van der Waals surface area contributed by atoms with E-state index in [2.05, 4.69) is 47.2 Å². The van der Waals surface area contributed by atoms with Gasteiger partial charge in [-0.3, -0.25) is 0 Å². The second kappa shape index (κ2) is 4.72. The van der Waals surface area contributed by atoms with E-state index in [-0.39, 0.29) is 0 Å². The molecule has 1 aliphatic rings. The fourth-order valence-corrected chi connectivity index (χ4v) is 1.97. The van der Waals surface area contributed by atoms with Crippen LogP contribution in [-0.4, -0.2) is 16.5 Å². The first-order chi connectivity index (χ1) is 9.22. The molecule has 2 heterocycles. The summed E-state index contributed by atoms with van der Waals surface area (Å²) in [6.07, 6.45) is 6.60. The summed E-state index contributed by atoms with van der Waals surface area (Å²) in [6, 6.07) is 8.43. The van der Waals surface area contributed by atoms with Crippen molar-refractivity contribution in [3.8, 4) is 0 Å². The molecule has 0 unspecified atom stereocenters. The first-order valence-electron chi connectivity index (χ1n) is 6.32. The molecule has 4 nitrogen and oxygen atoms in total. The highest BCUT2D eigenvalue weighted by molar-refractivity contribution is 5.49. The number of rotatable bonds is 3. The van der Waals surface area contributed by atoms with Crippen LogP contribution in [0.3, 0.4) is 0 Å². The van der Waals surface area contributed by atoms with Crippen molar-refractivity contribution < 1.29 is 0 Å². The summed E-state index contributed by atoms with van der Waals surface area (Å²) in [6.45, 7) is 2.94. The predicted octanol–water partition coefficient (Wildman–Crippen LogP) is 2.29. The molecule has 19 heavy (non-hydrogen) atoms. The monoisotopic (exact) mass is 252 g/mol. The summed E-state index contributed by atoms with van der Waals surface area (Å²) in [7, 11) is 0. The molecule has 96 valence electrons. The second-order valence-corrected chi connectivity index (χ2v) is 4.78. The Hall–Kier alpha value is -2.36. The minimum absolute atomic E-state index is 0.561. The van der Waals surface area contributed by atoms with Gasteiger partial charge in [-0.15, -0.1) is 0 Å². The minimum atomic E-state index is 0.561. The number of anilines is 2. The highest BCUT2D eigenvalue weighted by atomic mass is 15.3. The largest absolute Gasteiger partial charge is 0.383 e. The number of hydrogen-bond acceptors (Lipinski definition) is 4. The maximum atomic E-state index is 6.01. The van der Waals surface area contributed by atoms with Crippen LogP contribution in [-0.2, 0) is 6.42 Å². The Balaban J connectivity index is 1.81. The van der Waals surface area contributed by atoms with E-state index in [0.717, 1.165) is 18.5 Å². The average molecular weight is 252 g/mol. The molecule has 0 saturated carbocycles. The van der Waals surface area contributed by atoms with Crippen LogP contribution in [0.2, 0.25) is 0 Å². The van der Waals surface area contributed by atoms with Crippen LogP contribution in [0, 0.1) is 6.92 Å². The number of nitrogen functional groups attached to an aromatic ring is 1. The van der Waals surface area contributed by atoms with Gasteiger partial charge in [0.15, 0.2) is 0 Å². The van der Waals surface area contributed by atoms with Crippen molar-refractivity contribution in [3.05, 3.63) is 59.4 Å². The van der Waals surface area contributed by atoms with Crippen molar-refractivity contribution in [1.82, 2.24) is 9.97 Å². The van der Waals surface area contributed by atoms with Crippen LogP contribution in [0.15, 0.2) is 42.7 Å². The standard InChI is InChI=1S/C15H16N4/c1-11-3-5-12(6-4-11)9-13-10-17-15(18-14(13)16)19-7-2-8-19/h2-7,10H,8-9H2,1H3,(H2,16,17,18). The molecule has 2 aromatic rings. The lowest BCUT2D eigenvalue weighted by Gasteiger charge is -2.23. The smallest absolute Gasteiger partial charge is 0.231 e. The molecule has 0 amide bonds. The fraction of sp³-hybridized carbons (Fsp3) is 0.200. The highest BCUT2D eigenvalue weighted by Crippen LogP contribution is 2.19. The molecule has 1 aliphatic heterocycles. The molecule has 1 aromatic carbocycles. The van der Waals surface area contributed by atoms with Crippen LogP contribution in [0.1, 0.15) is 16.7 Å². The third-order valence-electron chi connectivity index (χ3n) is 3.24. The Labute approximate surface area is 112 Å². The molecule has 1 aromatic heterocycles. The normalized spacial score (nSPS) is 13.4. The van der Waals surface area contributed by atoms with E-state index in [1.54, 1.807) is 0 Å². The molecule has 0 fully saturated rings. The molecule has 0 bridgehead atoms. The van der Waals surface area contributed by atoms with Crippen molar-refractivity contribution in [2.75, 3.05) is 17.2 Å². The molecule has 0 aliphatic carbocycles. The van der Waals surface area contributed by atoms with Gasteiger partial charge in [-0.1, -0.05) is 29.8 Å². The number of benzene rings is 1. The van der Waals surface area contributed by atoms with E-state index in [0.29, 0.717) is 11.8 Å². The van der Waals surface area contributed by atoms with E-state index in [9.17, 15) is 0 Å². The van der Waals surface area contributed by atoms with Gasteiger partial charge >= 0.3 is 0 Å². The maximum absolute atomic E-state index is 6.01. The summed E-state index contributed by atoms with van der Waals surface area (Å²) in [5, 5.41) is 0. The average Bonchev–Trinajstić information content (AvgIpc) is 2.33. The van der Waals surface area contributed by atoms with Gasteiger partial charge in [-0.05, 0) is 18.6 Å². The summed E-state index contributed by atoms with van der Waals surface area (Å²) >= 11 is 0. The van der Waals surface area contributed by atoms with Gasteiger partial charge in [-0.2, -0.15) is 4.98 Å². The Morgan fingerprint density at radius 1 is 1.26 bits per heavy atom. The van der Waals surface area contributed by atoms with Crippen LogP contribution >= 0.6 is 0 Å². The lowest BCUT2D eigenvalue weighted by atomic mass is 10.1. The van der Waals surface area contributed by atoms with E-state index < -0.39 is 0 Å². The van der Waals surface area contributed by atoms with Gasteiger partial charge in [0.1, 0.15) is 5.82 Å². The Kier molecular flexibility index (Phi) is 2.91. The SMILES string of the molecule is Cc1ccc(Cc2cnc(N3C=CC3)nc2N)cc1. The molecule has 2 N–H and O–H groups in total. The zero-order valence-corrected chi connectivity index (χ0v) is 10.9. The number of nitrogens with two attached hydrogens (primary N) is 1. The van der Waals surface area contributed by atoms with Crippen LogP contribution in [0.5, 0.6) is 0 Å². The molecule has 0 saturated heterocycles. The van der Waals surface area contributed by atoms with Gasteiger partial charge in [-0.25, -0.2) is 4.98 Å². The summed E-state index contributed by atoms with van der Waals surface area (Å²) in [5.74, 6) is 1.23.